The maximum atomic E-state index is 12.3. The van der Waals surface area contributed by atoms with Gasteiger partial charge in [0, 0.05) is 11.1 Å². The van der Waals surface area contributed by atoms with Crippen LogP contribution in [0.4, 0.5) is 0 Å². The van der Waals surface area contributed by atoms with Crippen LogP contribution in [0.15, 0.2) is 60.2 Å². The van der Waals surface area contributed by atoms with Gasteiger partial charge >= 0.3 is 30.4 Å². The Labute approximate surface area is 241 Å². The van der Waals surface area contributed by atoms with Crippen LogP contribution in [-0.2, 0) is 30.4 Å². The molecule has 3 rings (SSSR count). The Bertz CT molecular complexity index is 1800. The molecule has 0 spiro atoms. The van der Waals surface area contributed by atoms with Crippen molar-refractivity contribution in [3.63, 3.8) is 0 Å². The molecule has 0 aliphatic heterocycles. The molecular weight excluding hydrogens is 592 g/mol. The summed E-state index contributed by atoms with van der Waals surface area (Å²) in [6, 6.07) is 12.6. The Kier molecular flexibility index (Phi) is 9.46. The second-order valence-electron chi connectivity index (χ2n) is 9.71. The molecule has 0 saturated carbocycles. The summed E-state index contributed by atoms with van der Waals surface area (Å²) in [6.45, 7) is 7.50. The zero-order chi connectivity index (χ0) is 30.8. The normalized spacial score (nSPS) is 12.0. The molecule has 41 heavy (non-hydrogen) atoms. The lowest BCUT2D eigenvalue weighted by molar-refractivity contribution is 0.347. The molecule has 3 aromatic carbocycles. The van der Waals surface area contributed by atoms with Crippen LogP contribution in [0.3, 0.4) is 0 Å². The van der Waals surface area contributed by atoms with Crippen LogP contribution in [0.1, 0.15) is 25.0 Å². The first-order valence-electron chi connectivity index (χ1n) is 12.2. The summed E-state index contributed by atoms with van der Waals surface area (Å²) in [5.41, 5.74) is 4.36. The maximum Gasteiger partial charge on any atom is 0.306 e. The minimum Gasteiger partial charge on any atom is -0.486 e. The average Bonchev–Trinajstić information content (AvgIpc) is 2.80. The van der Waals surface area contributed by atoms with Crippen molar-refractivity contribution < 1.29 is 42.5 Å². The summed E-state index contributed by atoms with van der Waals surface area (Å²) >= 11 is 0. The third kappa shape index (κ3) is 9.23. The lowest BCUT2D eigenvalue weighted by atomic mass is 9.90. The average molecular weight is 625 g/mol. The van der Waals surface area contributed by atoms with E-state index in [0.717, 1.165) is 29.9 Å². The summed E-state index contributed by atoms with van der Waals surface area (Å²) in [5, 5.41) is 0. The minimum atomic E-state index is -3.98. The lowest BCUT2D eigenvalue weighted by Crippen LogP contribution is -2.10. The van der Waals surface area contributed by atoms with Crippen molar-refractivity contribution >= 4 is 30.4 Å². The van der Waals surface area contributed by atoms with E-state index in [9.17, 15) is 25.3 Å². The van der Waals surface area contributed by atoms with Gasteiger partial charge in [0.25, 0.3) is 0 Å². The van der Waals surface area contributed by atoms with Crippen molar-refractivity contribution in [2.75, 3.05) is 25.4 Å². The first-order valence-corrected chi connectivity index (χ1v) is 17.6. The zero-order valence-electron chi connectivity index (χ0n) is 23.7. The number of allylic oxidation sites excluding steroid dienone is 1. The molecule has 0 saturated heterocycles. The fourth-order valence-electron chi connectivity index (χ4n) is 4.06. The monoisotopic (exact) mass is 624 g/mol. The Balaban J connectivity index is 2.20. The van der Waals surface area contributed by atoms with Gasteiger partial charge in [0.2, 0.25) is 0 Å². The Morgan fingerprint density at radius 2 is 1.27 bits per heavy atom. The van der Waals surface area contributed by atoms with E-state index in [0.29, 0.717) is 27.8 Å². The SMILES string of the molecule is CC(C)=CCOc1ccc(-c2cc(C)c(-c3ccc(OS(C)(=O)=O)cc3)c(C)c2OS(C)(=O)=O)cc1OS(C)(=O)=O. The van der Waals surface area contributed by atoms with Crippen LogP contribution in [0.5, 0.6) is 23.0 Å². The van der Waals surface area contributed by atoms with Crippen LogP contribution < -0.4 is 17.3 Å². The molecule has 0 fully saturated rings. The number of hydrogen-bond donors (Lipinski definition) is 0. The molecule has 0 atom stereocenters. The summed E-state index contributed by atoms with van der Waals surface area (Å²) in [7, 11) is -11.6. The second-order valence-corrected chi connectivity index (χ2v) is 14.4. The van der Waals surface area contributed by atoms with Crippen molar-refractivity contribution in [3.8, 4) is 45.3 Å². The molecule has 0 unspecified atom stereocenters. The topological polar surface area (TPSA) is 139 Å². The van der Waals surface area contributed by atoms with Gasteiger partial charge in [-0.3, -0.25) is 0 Å². The van der Waals surface area contributed by atoms with E-state index in [-0.39, 0.29) is 29.6 Å². The fraction of sp³-hybridized carbons (Fsp3) is 0.286. The number of hydrogen-bond acceptors (Lipinski definition) is 10. The van der Waals surface area contributed by atoms with E-state index in [4.69, 9.17) is 17.3 Å². The van der Waals surface area contributed by atoms with Gasteiger partial charge in [-0.2, -0.15) is 25.3 Å². The molecule has 0 aromatic heterocycles. The predicted octanol–water partition coefficient (Wildman–Crippen LogP) is 5.00. The van der Waals surface area contributed by atoms with Crippen LogP contribution in [0.25, 0.3) is 22.3 Å². The Morgan fingerprint density at radius 3 is 1.80 bits per heavy atom. The largest absolute Gasteiger partial charge is 0.486 e. The fourth-order valence-corrected chi connectivity index (χ4v) is 5.49. The van der Waals surface area contributed by atoms with E-state index < -0.39 is 30.4 Å². The summed E-state index contributed by atoms with van der Waals surface area (Å²) in [4.78, 5) is 0. The molecule has 0 aliphatic rings. The van der Waals surface area contributed by atoms with Gasteiger partial charge in [-0.1, -0.05) is 23.8 Å². The highest BCUT2D eigenvalue weighted by Crippen LogP contribution is 2.44. The van der Waals surface area contributed by atoms with Crippen LogP contribution in [0, 0.1) is 13.8 Å². The van der Waals surface area contributed by atoms with Gasteiger partial charge in [0.15, 0.2) is 17.2 Å². The first-order chi connectivity index (χ1) is 18.8. The summed E-state index contributed by atoms with van der Waals surface area (Å²) in [6.07, 6.45) is 4.59. The number of ether oxygens (including phenoxy) is 1. The molecular formula is C28H32O10S3. The summed E-state index contributed by atoms with van der Waals surface area (Å²) in [5.74, 6) is 0.274. The van der Waals surface area contributed by atoms with Crippen molar-refractivity contribution in [1.29, 1.82) is 0 Å². The van der Waals surface area contributed by atoms with Crippen molar-refractivity contribution in [3.05, 3.63) is 71.3 Å². The molecule has 0 amide bonds. The molecule has 3 aromatic rings. The lowest BCUT2D eigenvalue weighted by Gasteiger charge is -2.20. The molecule has 222 valence electrons. The van der Waals surface area contributed by atoms with Gasteiger partial charge in [0.05, 0.1) is 18.8 Å². The molecule has 13 heteroatoms. The van der Waals surface area contributed by atoms with Gasteiger partial charge in [-0.15, -0.1) is 0 Å². The molecule has 0 radical (unpaired) electrons. The third-order valence-corrected chi connectivity index (χ3v) is 7.01. The van der Waals surface area contributed by atoms with Gasteiger partial charge in [-0.05, 0) is 86.4 Å². The number of rotatable bonds is 11. The first kappa shape index (κ1) is 32.0. The standard InChI is InChI=1S/C28H32O10S3/c1-18(2)14-15-35-25-13-10-22(17-26(25)37-40(6,31)32)24-16-19(3)27(20(4)28(24)38-41(7,33)34)21-8-11-23(12-9-21)36-39(5,29)30/h8-14,16-17H,15H2,1-7H3. The molecule has 0 bridgehead atoms. The molecule has 0 heterocycles. The van der Waals surface area contributed by atoms with Crippen molar-refractivity contribution in [1.82, 2.24) is 0 Å². The highest BCUT2D eigenvalue weighted by molar-refractivity contribution is 7.86. The highest BCUT2D eigenvalue weighted by Gasteiger charge is 2.22. The third-order valence-electron chi connectivity index (χ3n) is 5.57. The smallest absolute Gasteiger partial charge is 0.306 e. The zero-order valence-corrected chi connectivity index (χ0v) is 26.2. The highest BCUT2D eigenvalue weighted by atomic mass is 32.2. The van der Waals surface area contributed by atoms with Gasteiger partial charge in [-0.25, -0.2) is 0 Å². The van der Waals surface area contributed by atoms with Gasteiger partial charge < -0.3 is 17.3 Å². The minimum absolute atomic E-state index is 0.0353. The second kappa shape index (κ2) is 12.1. The van der Waals surface area contributed by atoms with E-state index in [1.807, 2.05) is 26.8 Å². The van der Waals surface area contributed by atoms with Gasteiger partial charge in [0.1, 0.15) is 12.4 Å². The van der Waals surface area contributed by atoms with Crippen LogP contribution in [-0.4, -0.2) is 50.6 Å². The molecule has 0 aliphatic carbocycles. The number of aryl methyl sites for hydroxylation is 1. The molecule has 0 N–H and O–H groups in total. The van der Waals surface area contributed by atoms with E-state index in [1.54, 1.807) is 31.2 Å². The predicted molar refractivity (Wildman–Crippen MR) is 158 cm³/mol. The number of benzene rings is 3. The van der Waals surface area contributed by atoms with E-state index in [2.05, 4.69) is 0 Å². The summed E-state index contributed by atoms with van der Waals surface area (Å²) < 4.78 is 92.9. The Hall–Kier alpha value is -3.55. The quantitative estimate of drug-likeness (QED) is 0.212. The van der Waals surface area contributed by atoms with Crippen molar-refractivity contribution in [2.24, 2.45) is 0 Å². The van der Waals surface area contributed by atoms with E-state index in [1.165, 1.54) is 24.3 Å². The van der Waals surface area contributed by atoms with Crippen molar-refractivity contribution in [2.45, 2.75) is 27.7 Å². The van der Waals surface area contributed by atoms with Crippen LogP contribution >= 0.6 is 0 Å². The maximum absolute atomic E-state index is 12.3. The van der Waals surface area contributed by atoms with Crippen LogP contribution in [0.2, 0.25) is 0 Å². The Morgan fingerprint density at radius 1 is 0.707 bits per heavy atom. The van der Waals surface area contributed by atoms with E-state index >= 15 is 0 Å². The molecule has 10 nitrogen and oxygen atoms in total.